The summed E-state index contributed by atoms with van der Waals surface area (Å²) in [5.41, 5.74) is 19.8. The second-order valence-corrected chi connectivity index (χ2v) is 7.87. The fraction of sp³-hybridized carbons (Fsp3) is 0.647. The average Bonchev–Trinajstić information content (AvgIpc) is 2.92. The highest BCUT2D eigenvalue weighted by atomic mass is 32.2. The Morgan fingerprint density at radius 3 is 2.71 bits per heavy atom. The molecule has 24 heavy (non-hydrogen) atoms. The SMILES string of the molecule is CCCc1cc(N2CCC(CN)CC2)nc2c1C(N)C(C(N)=O)S2. The predicted molar refractivity (Wildman–Crippen MR) is 98.0 cm³/mol. The fourth-order valence-electron chi connectivity index (χ4n) is 3.63. The van der Waals surface area contributed by atoms with Crippen molar-refractivity contribution in [1.29, 1.82) is 0 Å². The summed E-state index contributed by atoms with van der Waals surface area (Å²) in [5.74, 6) is 1.25. The summed E-state index contributed by atoms with van der Waals surface area (Å²) in [5, 5.41) is 0.467. The maximum atomic E-state index is 11.7. The van der Waals surface area contributed by atoms with E-state index in [4.69, 9.17) is 22.2 Å². The molecule has 132 valence electrons. The first-order chi connectivity index (χ1) is 11.5. The van der Waals surface area contributed by atoms with Crippen LogP contribution in [0.15, 0.2) is 11.1 Å². The van der Waals surface area contributed by atoms with Gasteiger partial charge in [-0.2, -0.15) is 0 Å². The second kappa shape index (κ2) is 7.29. The summed E-state index contributed by atoms with van der Waals surface area (Å²) in [6, 6.07) is 1.81. The molecule has 0 aromatic carbocycles. The van der Waals surface area contributed by atoms with Crippen molar-refractivity contribution in [3.63, 3.8) is 0 Å². The van der Waals surface area contributed by atoms with Crippen molar-refractivity contribution in [2.75, 3.05) is 24.5 Å². The molecule has 7 heteroatoms. The molecule has 2 atom stereocenters. The van der Waals surface area contributed by atoms with Crippen LogP contribution in [0.5, 0.6) is 0 Å². The molecule has 6 nitrogen and oxygen atoms in total. The second-order valence-electron chi connectivity index (χ2n) is 6.74. The van der Waals surface area contributed by atoms with Gasteiger partial charge in [-0.25, -0.2) is 4.98 Å². The molecular formula is C17H27N5OS. The molecule has 1 saturated heterocycles. The number of pyridine rings is 1. The van der Waals surface area contributed by atoms with E-state index in [2.05, 4.69) is 17.9 Å². The molecule has 0 bridgehead atoms. The van der Waals surface area contributed by atoms with E-state index in [1.165, 1.54) is 17.3 Å². The lowest BCUT2D eigenvalue weighted by molar-refractivity contribution is -0.117. The van der Waals surface area contributed by atoms with Crippen LogP contribution in [0.25, 0.3) is 0 Å². The number of piperidine rings is 1. The highest BCUT2D eigenvalue weighted by Gasteiger charge is 2.38. The molecule has 6 N–H and O–H groups in total. The van der Waals surface area contributed by atoms with Crippen molar-refractivity contribution in [2.24, 2.45) is 23.1 Å². The normalized spacial score (nSPS) is 24.2. The topological polar surface area (TPSA) is 111 Å². The Morgan fingerprint density at radius 1 is 1.42 bits per heavy atom. The summed E-state index contributed by atoms with van der Waals surface area (Å²) >= 11 is 1.42. The summed E-state index contributed by atoms with van der Waals surface area (Å²) < 4.78 is 0. The Morgan fingerprint density at radius 2 is 2.12 bits per heavy atom. The van der Waals surface area contributed by atoms with Gasteiger partial charge in [-0.05, 0) is 43.4 Å². The summed E-state index contributed by atoms with van der Waals surface area (Å²) in [6.45, 7) is 4.88. The minimum atomic E-state index is -0.415. The first-order valence-corrected chi connectivity index (χ1v) is 9.63. The highest BCUT2D eigenvalue weighted by molar-refractivity contribution is 8.01. The number of nitrogens with zero attached hydrogens (tertiary/aromatic N) is 2. The Bertz CT molecular complexity index is 615. The zero-order valence-corrected chi connectivity index (χ0v) is 15.0. The van der Waals surface area contributed by atoms with E-state index in [-0.39, 0.29) is 11.9 Å². The third-order valence-electron chi connectivity index (χ3n) is 5.07. The van der Waals surface area contributed by atoms with Gasteiger partial charge in [-0.15, -0.1) is 0 Å². The third-order valence-corrected chi connectivity index (χ3v) is 6.38. The van der Waals surface area contributed by atoms with Gasteiger partial charge in [0.1, 0.15) is 16.1 Å². The summed E-state index contributed by atoms with van der Waals surface area (Å²) in [6.07, 6.45) is 4.19. The number of aromatic nitrogens is 1. The highest BCUT2D eigenvalue weighted by Crippen LogP contribution is 2.45. The monoisotopic (exact) mass is 349 g/mol. The number of carbonyl (C=O) groups is 1. The smallest absolute Gasteiger partial charge is 0.232 e. The van der Waals surface area contributed by atoms with E-state index in [9.17, 15) is 4.79 Å². The van der Waals surface area contributed by atoms with Gasteiger partial charge in [-0.1, -0.05) is 25.1 Å². The van der Waals surface area contributed by atoms with Gasteiger partial charge in [0, 0.05) is 18.7 Å². The minimum Gasteiger partial charge on any atom is -0.369 e. The number of hydrogen-bond donors (Lipinski definition) is 3. The Balaban J connectivity index is 1.90. The molecule has 3 rings (SSSR count). The number of carbonyl (C=O) groups excluding carboxylic acids is 1. The van der Waals surface area contributed by atoms with Crippen LogP contribution in [0.2, 0.25) is 0 Å². The lowest BCUT2D eigenvalue weighted by Crippen LogP contribution is -2.36. The zero-order valence-electron chi connectivity index (χ0n) is 14.2. The van der Waals surface area contributed by atoms with E-state index in [0.29, 0.717) is 5.92 Å². The molecule has 0 spiro atoms. The van der Waals surface area contributed by atoms with E-state index in [1.54, 1.807) is 0 Å². The number of hydrogen-bond acceptors (Lipinski definition) is 6. The van der Waals surface area contributed by atoms with Crippen molar-refractivity contribution in [3.05, 3.63) is 17.2 Å². The van der Waals surface area contributed by atoms with Gasteiger partial charge < -0.3 is 22.1 Å². The number of fused-ring (bicyclic) bond motifs is 1. The third kappa shape index (κ3) is 3.25. The molecule has 2 aliphatic heterocycles. The first-order valence-electron chi connectivity index (χ1n) is 8.75. The van der Waals surface area contributed by atoms with E-state index in [1.807, 2.05) is 0 Å². The molecule has 2 unspecified atom stereocenters. The van der Waals surface area contributed by atoms with Gasteiger partial charge >= 0.3 is 0 Å². The lowest BCUT2D eigenvalue weighted by atomic mass is 9.95. The maximum Gasteiger partial charge on any atom is 0.232 e. The first kappa shape index (κ1) is 17.5. The van der Waals surface area contributed by atoms with Crippen molar-refractivity contribution in [1.82, 2.24) is 4.98 Å². The molecule has 0 aliphatic carbocycles. The fourth-order valence-corrected chi connectivity index (χ4v) is 4.81. The standard InChI is InChI=1S/C17H27N5OS/c1-2-3-11-8-12(22-6-4-10(9-18)5-7-22)21-17-13(11)14(19)15(24-17)16(20)23/h8,10,14-15H,2-7,9,18-19H2,1H3,(H2,20,23). The van der Waals surface area contributed by atoms with E-state index >= 15 is 0 Å². The van der Waals surface area contributed by atoms with Crippen LogP contribution in [-0.2, 0) is 11.2 Å². The zero-order chi connectivity index (χ0) is 17.3. The van der Waals surface area contributed by atoms with Crippen LogP contribution in [0, 0.1) is 5.92 Å². The van der Waals surface area contributed by atoms with Crippen LogP contribution in [0.4, 0.5) is 5.82 Å². The molecular weight excluding hydrogens is 322 g/mol. The van der Waals surface area contributed by atoms with Gasteiger partial charge in [0.2, 0.25) is 5.91 Å². The number of amides is 1. The Labute approximate surface area is 147 Å². The van der Waals surface area contributed by atoms with Gasteiger partial charge in [-0.3, -0.25) is 4.79 Å². The van der Waals surface area contributed by atoms with Gasteiger partial charge in [0.25, 0.3) is 0 Å². The molecule has 1 aromatic heterocycles. The number of rotatable bonds is 5. The number of aryl methyl sites for hydroxylation is 1. The number of nitrogens with two attached hydrogens (primary N) is 3. The van der Waals surface area contributed by atoms with Crippen molar-refractivity contribution in [3.8, 4) is 0 Å². The number of primary amides is 1. The predicted octanol–water partition coefficient (Wildman–Crippen LogP) is 1.17. The van der Waals surface area contributed by atoms with Crippen molar-refractivity contribution >= 4 is 23.5 Å². The molecule has 1 aromatic rings. The summed E-state index contributed by atoms with van der Waals surface area (Å²) in [4.78, 5) is 18.8. The lowest BCUT2D eigenvalue weighted by Gasteiger charge is -2.32. The molecule has 0 radical (unpaired) electrons. The van der Waals surface area contributed by atoms with Crippen molar-refractivity contribution < 1.29 is 4.79 Å². The molecule has 0 saturated carbocycles. The van der Waals surface area contributed by atoms with Crippen LogP contribution in [-0.4, -0.2) is 35.8 Å². The average molecular weight is 350 g/mol. The quantitative estimate of drug-likeness (QED) is 0.736. The summed E-state index contributed by atoms with van der Waals surface area (Å²) in [7, 11) is 0. The largest absolute Gasteiger partial charge is 0.369 e. The number of anilines is 1. The van der Waals surface area contributed by atoms with Crippen LogP contribution < -0.4 is 22.1 Å². The van der Waals surface area contributed by atoms with E-state index < -0.39 is 5.25 Å². The molecule has 3 heterocycles. The van der Waals surface area contributed by atoms with Crippen LogP contribution in [0.3, 0.4) is 0 Å². The van der Waals surface area contributed by atoms with Crippen LogP contribution in [0.1, 0.15) is 43.4 Å². The minimum absolute atomic E-state index is 0.353. The Kier molecular flexibility index (Phi) is 5.32. The maximum absolute atomic E-state index is 11.7. The van der Waals surface area contributed by atoms with Crippen LogP contribution >= 0.6 is 11.8 Å². The van der Waals surface area contributed by atoms with Crippen molar-refractivity contribution in [2.45, 2.75) is 48.9 Å². The van der Waals surface area contributed by atoms with Gasteiger partial charge in [0.15, 0.2) is 0 Å². The van der Waals surface area contributed by atoms with Gasteiger partial charge in [0.05, 0.1) is 6.04 Å². The molecule has 1 fully saturated rings. The Hall–Kier alpha value is -1.31. The van der Waals surface area contributed by atoms with E-state index in [0.717, 1.165) is 61.7 Å². The molecule has 2 aliphatic rings. The number of thioether (sulfide) groups is 1. The molecule has 1 amide bonds.